The van der Waals surface area contributed by atoms with Gasteiger partial charge in [-0.2, -0.15) is 0 Å². The zero-order valence-corrected chi connectivity index (χ0v) is 17.4. The molecule has 0 radical (unpaired) electrons. The molecule has 1 aromatic carbocycles. The Labute approximate surface area is 173 Å². The van der Waals surface area contributed by atoms with Gasteiger partial charge in [0, 0.05) is 0 Å². The Morgan fingerprint density at radius 3 is 2.18 bits per heavy atom. The summed E-state index contributed by atoms with van der Waals surface area (Å²) in [6.07, 6.45) is 7.57. The van der Waals surface area contributed by atoms with Crippen LogP contribution in [0.3, 0.4) is 0 Å². The van der Waals surface area contributed by atoms with E-state index in [1.54, 1.807) is 0 Å². The summed E-state index contributed by atoms with van der Waals surface area (Å²) in [6, 6.07) is 12.5. The predicted molar refractivity (Wildman–Crippen MR) is 109 cm³/mol. The molecule has 0 amide bonds. The maximum Gasteiger partial charge on any atom is 0.347 e. The summed E-state index contributed by atoms with van der Waals surface area (Å²) < 4.78 is 28.1. The van der Waals surface area contributed by atoms with Crippen LogP contribution < -0.4 is 0 Å². The van der Waals surface area contributed by atoms with Crippen molar-refractivity contribution in [2.24, 2.45) is 0 Å². The van der Waals surface area contributed by atoms with Gasteiger partial charge in [0.2, 0.25) is 5.67 Å². The first kappa shape index (κ1) is 22.5. The Kier molecular flexibility index (Phi) is 9.03. The summed E-state index contributed by atoms with van der Waals surface area (Å²) in [5, 5.41) is 9.32. The molecule has 1 aromatic heterocycles. The molecular formula is C22H26BrF2NO2. The maximum absolute atomic E-state index is 15.0. The van der Waals surface area contributed by atoms with Gasteiger partial charge in [-0.05, 0) is 59.3 Å². The number of hydrogen-bond donors (Lipinski definition) is 1. The quantitative estimate of drug-likeness (QED) is 0.291. The number of rotatable bonds is 12. The number of aromatic nitrogens is 1. The number of alkyl halides is 1. The van der Waals surface area contributed by atoms with Gasteiger partial charge < -0.3 is 5.11 Å². The number of unbranched alkanes of at least 4 members (excludes halogenated alkanes) is 6. The first-order valence-corrected chi connectivity index (χ1v) is 10.5. The largest absolute Gasteiger partial charge is 0.479 e. The van der Waals surface area contributed by atoms with Crippen LogP contribution in [0.5, 0.6) is 0 Å². The SMILES string of the molecule is O=C(O)C(F)(CCCCCCCCCc1ccccc1)c1ccc(F)c(Br)n1. The van der Waals surface area contributed by atoms with Crippen molar-refractivity contribution in [2.75, 3.05) is 0 Å². The lowest BCUT2D eigenvalue weighted by molar-refractivity contribution is -0.152. The van der Waals surface area contributed by atoms with Crippen LogP contribution in [0.4, 0.5) is 8.78 Å². The molecule has 0 aliphatic carbocycles. The fourth-order valence-corrected chi connectivity index (χ4v) is 3.53. The van der Waals surface area contributed by atoms with Crippen LogP contribution in [0.2, 0.25) is 0 Å². The Hall–Kier alpha value is -1.82. The van der Waals surface area contributed by atoms with Crippen LogP contribution in [0.25, 0.3) is 0 Å². The molecule has 28 heavy (non-hydrogen) atoms. The molecule has 0 spiro atoms. The van der Waals surface area contributed by atoms with Crippen LogP contribution in [0, 0.1) is 5.82 Å². The monoisotopic (exact) mass is 453 g/mol. The van der Waals surface area contributed by atoms with Crippen molar-refractivity contribution in [1.29, 1.82) is 0 Å². The summed E-state index contributed by atoms with van der Waals surface area (Å²) in [4.78, 5) is 15.2. The van der Waals surface area contributed by atoms with Gasteiger partial charge in [0.15, 0.2) is 5.82 Å². The Morgan fingerprint density at radius 2 is 1.57 bits per heavy atom. The number of carboxylic acids is 1. The molecule has 0 bridgehead atoms. The minimum absolute atomic E-state index is 0.165. The standard InChI is InChI=1S/C22H26BrF2NO2/c23-20-18(24)14-15-19(26-20)22(25,21(27)28)16-10-5-3-1-2-4-7-11-17-12-8-6-9-13-17/h6,8-9,12-15H,1-5,7,10-11,16H2,(H,27,28). The zero-order chi connectivity index (χ0) is 20.4. The van der Waals surface area contributed by atoms with E-state index < -0.39 is 17.5 Å². The topological polar surface area (TPSA) is 50.2 Å². The molecule has 1 atom stereocenters. The number of hydrogen-bond acceptors (Lipinski definition) is 2. The van der Waals surface area contributed by atoms with E-state index in [-0.39, 0.29) is 16.7 Å². The third kappa shape index (κ3) is 6.66. The third-order valence-electron chi connectivity index (χ3n) is 4.88. The molecule has 1 unspecified atom stereocenters. The van der Waals surface area contributed by atoms with Gasteiger partial charge in [0.25, 0.3) is 0 Å². The normalized spacial score (nSPS) is 13.2. The average Bonchev–Trinajstić information content (AvgIpc) is 2.69. The van der Waals surface area contributed by atoms with E-state index in [1.165, 1.54) is 5.56 Å². The highest BCUT2D eigenvalue weighted by Crippen LogP contribution is 2.32. The molecule has 1 heterocycles. The van der Waals surface area contributed by atoms with Gasteiger partial charge in [-0.1, -0.05) is 62.4 Å². The Morgan fingerprint density at radius 1 is 0.964 bits per heavy atom. The van der Waals surface area contributed by atoms with Crippen LogP contribution in [0.1, 0.15) is 62.6 Å². The predicted octanol–water partition coefficient (Wildman–Crippen LogP) is 6.60. The van der Waals surface area contributed by atoms with E-state index in [4.69, 9.17) is 0 Å². The third-order valence-corrected chi connectivity index (χ3v) is 5.43. The van der Waals surface area contributed by atoms with Crippen molar-refractivity contribution in [2.45, 2.75) is 63.5 Å². The van der Waals surface area contributed by atoms with Crippen molar-refractivity contribution in [1.82, 2.24) is 4.98 Å². The smallest absolute Gasteiger partial charge is 0.347 e. The van der Waals surface area contributed by atoms with E-state index in [0.717, 1.165) is 57.1 Å². The summed E-state index contributed by atoms with van der Waals surface area (Å²) in [5.41, 5.74) is -1.50. The number of benzene rings is 1. The first-order valence-electron chi connectivity index (χ1n) is 9.72. The number of pyridine rings is 1. The number of nitrogens with zero attached hydrogens (tertiary/aromatic N) is 1. The van der Waals surface area contributed by atoms with Crippen molar-refractivity contribution < 1.29 is 18.7 Å². The van der Waals surface area contributed by atoms with Gasteiger partial charge in [0.1, 0.15) is 4.60 Å². The van der Waals surface area contributed by atoms with Gasteiger partial charge >= 0.3 is 5.97 Å². The highest BCUT2D eigenvalue weighted by atomic mass is 79.9. The maximum atomic E-state index is 15.0. The fourth-order valence-electron chi connectivity index (χ4n) is 3.21. The van der Waals surface area contributed by atoms with Crippen LogP contribution in [-0.2, 0) is 16.9 Å². The highest BCUT2D eigenvalue weighted by molar-refractivity contribution is 9.10. The van der Waals surface area contributed by atoms with Gasteiger partial charge in [-0.15, -0.1) is 0 Å². The molecule has 0 saturated heterocycles. The van der Waals surface area contributed by atoms with Crippen molar-refractivity contribution in [3.05, 3.63) is 64.1 Å². The second-order valence-electron chi connectivity index (χ2n) is 7.04. The summed E-state index contributed by atoms with van der Waals surface area (Å²) in [7, 11) is 0. The Bertz CT molecular complexity index is 757. The minimum Gasteiger partial charge on any atom is -0.479 e. The van der Waals surface area contributed by atoms with Crippen molar-refractivity contribution >= 4 is 21.9 Å². The summed E-state index contributed by atoms with van der Waals surface area (Å²) in [6.45, 7) is 0. The van der Waals surface area contributed by atoms with Gasteiger partial charge in [-0.3, -0.25) is 0 Å². The van der Waals surface area contributed by atoms with Crippen LogP contribution in [-0.4, -0.2) is 16.1 Å². The molecule has 6 heteroatoms. The van der Waals surface area contributed by atoms with E-state index >= 15 is 0 Å². The van der Waals surface area contributed by atoms with Gasteiger partial charge in [-0.25, -0.2) is 18.6 Å². The van der Waals surface area contributed by atoms with E-state index in [9.17, 15) is 18.7 Å². The zero-order valence-electron chi connectivity index (χ0n) is 15.8. The second-order valence-corrected chi connectivity index (χ2v) is 7.79. The molecule has 3 nitrogen and oxygen atoms in total. The molecule has 0 fully saturated rings. The number of aliphatic carboxylic acids is 1. The van der Waals surface area contributed by atoms with Crippen LogP contribution in [0.15, 0.2) is 47.1 Å². The second kappa shape index (κ2) is 11.2. The molecular weight excluding hydrogens is 428 g/mol. The van der Waals surface area contributed by atoms with Gasteiger partial charge in [0.05, 0.1) is 5.69 Å². The lowest BCUT2D eigenvalue weighted by Crippen LogP contribution is -2.32. The molecule has 2 aromatic rings. The number of halogens is 3. The highest BCUT2D eigenvalue weighted by Gasteiger charge is 2.42. The fraction of sp³-hybridized carbons (Fsp3) is 0.455. The van der Waals surface area contributed by atoms with Crippen molar-refractivity contribution in [3.8, 4) is 0 Å². The molecule has 152 valence electrons. The number of carbonyl (C=O) groups is 1. The molecule has 1 N–H and O–H groups in total. The molecule has 2 rings (SSSR count). The lowest BCUT2D eigenvalue weighted by Gasteiger charge is -2.20. The summed E-state index contributed by atoms with van der Waals surface area (Å²) >= 11 is 2.88. The first-order chi connectivity index (χ1) is 13.4. The van der Waals surface area contributed by atoms with E-state index in [1.807, 2.05) is 6.07 Å². The molecule has 0 aliphatic rings. The van der Waals surface area contributed by atoms with E-state index in [2.05, 4.69) is 45.2 Å². The van der Waals surface area contributed by atoms with Crippen LogP contribution >= 0.6 is 15.9 Å². The minimum atomic E-state index is -2.59. The summed E-state index contributed by atoms with van der Waals surface area (Å²) in [5.74, 6) is -2.23. The average molecular weight is 454 g/mol. The molecule has 0 saturated carbocycles. The Balaban J connectivity index is 1.66. The number of carboxylic acid groups (broad SMARTS) is 1. The van der Waals surface area contributed by atoms with E-state index in [0.29, 0.717) is 6.42 Å². The lowest BCUT2D eigenvalue weighted by atomic mass is 9.93. The molecule has 0 aliphatic heterocycles. The number of aryl methyl sites for hydroxylation is 1. The van der Waals surface area contributed by atoms with Crippen molar-refractivity contribution in [3.63, 3.8) is 0 Å².